The Hall–Kier alpha value is -1.89. The lowest BCUT2D eigenvalue weighted by molar-refractivity contribution is -0.137. The van der Waals surface area contributed by atoms with E-state index in [0.717, 1.165) is 5.56 Å². The molecule has 0 spiro atoms. The first kappa shape index (κ1) is 28.3. The molecule has 0 aromatic heterocycles. The van der Waals surface area contributed by atoms with E-state index in [1.807, 2.05) is 53.2 Å². The van der Waals surface area contributed by atoms with E-state index >= 15 is 0 Å². The summed E-state index contributed by atoms with van der Waals surface area (Å²) in [5.41, 5.74) is 6.53. The van der Waals surface area contributed by atoms with Crippen molar-refractivity contribution in [1.82, 2.24) is 13.7 Å². The molecule has 5 N–H and O–H groups in total. The van der Waals surface area contributed by atoms with Crippen LogP contribution in [0.2, 0.25) is 0 Å². The Morgan fingerprint density at radius 3 is 2.44 bits per heavy atom. The zero-order valence-electron chi connectivity index (χ0n) is 19.7. The van der Waals surface area contributed by atoms with E-state index in [-0.39, 0.29) is 42.8 Å². The summed E-state index contributed by atoms with van der Waals surface area (Å²) in [6.07, 6.45) is -0.564. The highest BCUT2D eigenvalue weighted by molar-refractivity contribution is 14.1. The number of Topliss-reactive ketones (excluding diaryl/α,β-unsaturated/α-hetero) is 2. The Morgan fingerprint density at radius 2 is 1.85 bits per heavy atom. The topological polar surface area (TPSA) is 142 Å². The number of piperidine rings is 1. The van der Waals surface area contributed by atoms with Crippen molar-refractivity contribution in [3.05, 3.63) is 35.9 Å². The molecule has 1 saturated heterocycles. The number of amides is 2. The van der Waals surface area contributed by atoms with Crippen molar-refractivity contribution in [2.75, 3.05) is 19.6 Å². The van der Waals surface area contributed by atoms with Crippen molar-refractivity contribution in [2.24, 2.45) is 23.5 Å². The molecule has 2 amide bonds. The number of hydrogen-bond donors (Lipinski definition) is 4. The molecule has 0 unspecified atom stereocenters. The van der Waals surface area contributed by atoms with Gasteiger partial charge in [-0.3, -0.25) is 22.3 Å². The first-order chi connectivity index (χ1) is 16.1. The van der Waals surface area contributed by atoms with Gasteiger partial charge in [0.2, 0.25) is 11.8 Å². The van der Waals surface area contributed by atoms with Gasteiger partial charge in [0.15, 0.2) is 5.78 Å². The summed E-state index contributed by atoms with van der Waals surface area (Å²) in [4.78, 5) is 50.5. The van der Waals surface area contributed by atoms with Gasteiger partial charge >= 0.3 is 0 Å². The van der Waals surface area contributed by atoms with Crippen LogP contribution >= 0.6 is 22.9 Å². The molecule has 1 aliphatic rings. The quantitative estimate of drug-likeness (QED) is 0.211. The van der Waals surface area contributed by atoms with Crippen LogP contribution in [-0.2, 0) is 25.7 Å². The van der Waals surface area contributed by atoms with Gasteiger partial charge in [-0.15, -0.1) is 0 Å². The lowest BCUT2D eigenvalue weighted by atomic mass is 9.83. The SMILES string of the molecule is CC(=O)[C@H](CCN)NC(=O)[C@@H](CC(=O)[C@@H]1CNC[C@H](C(=O)N(I)Cc2ccccc2)C1)[C@H](C)O. The predicted octanol–water partition coefficient (Wildman–Crippen LogP) is 0.970. The van der Waals surface area contributed by atoms with Gasteiger partial charge in [-0.05, 0) is 38.8 Å². The molecule has 1 heterocycles. The van der Waals surface area contributed by atoms with Crippen LogP contribution < -0.4 is 16.4 Å². The van der Waals surface area contributed by atoms with Crippen molar-refractivity contribution in [3.8, 4) is 0 Å². The Kier molecular flexibility index (Phi) is 11.6. The molecule has 9 nitrogen and oxygen atoms in total. The largest absolute Gasteiger partial charge is 0.393 e. The number of carbonyl (C=O) groups is 4. The minimum atomic E-state index is -1.07. The van der Waals surface area contributed by atoms with E-state index < -0.39 is 29.9 Å². The van der Waals surface area contributed by atoms with Gasteiger partial charge in [0.25, 0.3) is 0 Å². The minimum Gasteiger partial charge on any atom is -0.393 e. The third-order valence-electron chi connectivity index (χ3n) is 6.16. The Balaban J connectivity index is 1.98. The number of nitrogens with one attached hydrogen (secondary N) is 2. The Bertz CT molecular complexity index is 851. The first-order valence-electron chi connectivity index (χ1n) is 11.6. The van der Waals surface area contributed by atoms with Gasteiger partial charge in [-0.1, -0.05) is 30.3 Å². The summed E-state index contributed by atoms with van der Waals surface area (Å²) in [7, 11) is 0. The highest BCUT2D eigenvalue weighted by Gasteiger charge is 2.36. The molecule has 5 atom stereocenters. The third-order valence-corrected chi connectivity index (χ3v) is 6.98. The van der Waals surface area contributed by atoms with Crippen LogP contribution in [-0.4, -0.2) is 63.4 Å². The number of benzene rings is 1. The fourth-order valence-electron chi connectivity index (χ4n) is 4.08. The molecule has 2 rings (SSSR count). The number of aliphatic hydroxyl groups excluding tert-OH is 1. The number of nitrogens with two attached hydrogens (primary N) is 1. The van der Waals surface area contributed by atoms with E-state index in [1.54, 1.807) is 3.11 Å². The Morgan fingerprint density at radius 1 is 1.21 bits per heavy atom. The molecule has 0 saturated carbocycles. The third kappa shape index (κ3) is 8.40. The summed E-state index contributed by atoms with van der Waals surface area (Å²) >= 11 is 2.01. The molecular formula is C24H35IN4O5. The molecule has 10 heteroatoms. The monoisotopic (exact) mass is 586 g/mol. The van der Waals surface area contributed by atoms with Gasteiger partial charge in [0.1, 0.15) is 5.78 Å². The molecule has 1 fully saturated rings. The van der Waals surface area contributed by atoms with E-state index in [4.69, 9.17) is 5.73 Å². The van der Waals surface area contributed by atoms with Gasteiger partial charge in [0.05, 0.1) is 53.4 Å². The zero-order valence-corrected chi connectivity index (χ0v) is 21.9. The molecule has 1 aromatic carbocycles. The molecule has 188 valence electrons. The van der Waals surface area contributed by atoms with E-state index in [0.29, 0.717) is 26.1 Å². The van der Waals surface area contributed by atoms with Gasteiger partial charge in [-0.25, -0.2) is 0 Å². The van der Waals surface area contributed by atoms with Crippen molar-refractivity contribution in [1.29, 1.82) is 0 Å². The summed E-state index contributed by atoms with van der Waals surface area (Å²) in [5, 5.41) is 15.9. The lowest BCUT2D eigenvalue weighted by Crippen LogP contribution is -2.48. The fourth-order valence-corrected chi connectivity index (χ4v) is 4.87. The zero-order chi connectivity index (χ0) is 25.3. The molecule has 1 aromatic rings. The highest BCUT2D eigenvalue weighted by atomic mass is 127. The first-order valence-corrected chi connectivity index (χ1v) is 12.5. The van der Waals surface area contributed by atoms with Crippen LogP contribution in [0.3, 0.4) is 0 Å². The van der Waals surface area contributed by atoms with Crippen molar-refractivity contribution in [3.63, 3.8) is 0 Å². The standard InChI is InChI=1S/C24H35IN4O5/c1-15(30)20(23(33)28-21(8-9-26)16(2)31)11-22(32)18-10-19(13-27-12-18)24(34)29(25)14-17-6-4-3-5-7-17/h3-7,15,18-21,27,30H,8-14,26H2,1-2H3,(H,28,33)/t15-,18-,19+,20-,21-/m0/s1. The van der Waals surface area contributed by atoms with Crippen LogP contribution in [0.5, 0.6) is 0 Å². The van der Waals surface area contributed by atoms with Crippen LogP contribution in [0.4, 0.5) is 0 Å². The van der Waals surface area contributed by atoms with E-state index in [1.165, 1.54) is 13.8 Å². The predicted molar refractivity (Wildman–Crippen MR) is 137 cm³/mol. The second kappa shape index (κ2) is 13.9. The van der Waals surface area contributed by atoms with E-state index in [9.17, 15) is 24.3 Å². The summed E-state index contributed by atoms with van der Waals surface area (Å²) < 4.78 is 1.64. The Labute approximate surface area is 214 Å². The maximum absolute atomic E-state index is 13.0. The summed E-state index contributed by atoms with van der Waals surface area (Å²) in [5.74, 6) is -2.79. The fraction of sp³-hybridized carbons (Fsp3) is 0.583. The second-order valence-electron chi connectivity index (χ2n) is 8.90. The van der Waals surface area contributed by atoms with Crippen molar-refractivity contribution < 1.29 is 24.3 Å². The average Bonchev–Trinajstić information content (AvgIpc) is 2.81. The lowest BCUT2D eigenvalue weighted by Gasteiger charge is -2.31. The normalized spacial score (nSPS) is 20.6. The molecule has 1 aliphatic heterocycles. The van der Waals surface area contributed by atoms with Crippen LogP contribution in [0.15, 0.2) is 30.3 Å². The number of ketones is 2. The minimum absolute atomic E-state index is 0.0506. The van der Waals surface area contributed by atoms with Gasteiger partial charge in [0, 0.05) is 25.4 Å². The second-order valence-corrected chi connectivity index (χ2v) is 10.1. The maximum atomic E-state index is 13.0. The number of nitrogens with zero attached hydrogens (tertiary/aromatic N) is 1. The summed E-state index contributed by atoms with van der Waals surface area (Å²) in [6.45, 7) is 4.41. The number of carbonyl (C=O) groups excluding carboxylic acids is 4. The van der Waals surface area contributed by atoms with E-state index in [2.05, 4.69) is 10.6 Å². The molecule has 0 radical (unpaired) electrons. The number of aliphatic hydroxyl groups is 1. The molecule has 0 aliphatic carbocycles. The number of rotatable bonds is 12. The van der Waals surface area contributed by atoms with Crippen molar-refractivity contribution >= 4 is 46.2 Å². The summed E-state index contributed by atoms with van der Waals surface area (Å²) in [6, 6.07) is 8.93. The molecular weight excluding hydrogens is 551 g/mol. The van der Waals surface area contributed by atoms with Gasteiger partial charge in [-0.2, -0.15) is 0 Å². The number of halogens is 1. The molecule has 0 bridgehead atoms. The maximum Gasteiger partial charge on any atom is 0.235 e. The van der Waals surface area contributed by atoms with Crippen LogP contribution in [0, 0.1) is 17.8 Å². The van der Waals surface area contributed by atoms with Crippen molar-refractivity contribution in [2.45, 2.75) is 51.8 Å². The average molecular weight is 586 g/mol. The highest BCUT2D eigenvalue weighted by Crippen LogP contribution is 2.25. The van der Waals surface area contributed by atoms with Crippen LogP contribution in [0.25, 0.3) is 0 Å². The van der Waals surface area contributed by atoms with Crippen LogP contribution in [0.1, 0.15) is 38.7 Å². The smallest absolute Gasteiger partial charge is 0.235 e. The number of hydrogen-bond acceptors (Lipinski definition) is 7. The van der Waals surface area contributed by atoms with Gasteiger partial charge < -0.3 is 21.5 Å². The molecule has 34 heavy (non-hydrogen) atoms.